The minimum Gasteiger partial charge on any atom is -0.497 e. The number of sulfonamides is 1. The first-order chi connectivity index (χ1) is 23.2. The van der Waals surface area contributed by atoms with Crippen molar-refractivity contribution in [1.29, 1.82) is 0 Å². The number of hydrogen-bond donors (Lipinski definition) is 1. The maximum absolute atomic E-state index is 15.9. The molecular weight excluding hydrogens is 686 g/mol. The van der Waals surface area contributed by atoms with E-state index in [0.717, 1.165) is 22.5 Å². The van der Waals surface area contributed by atoms with Gasteiger partial charge in [0.2, 0.25) is 0 Å². The minimum atomic E-state index is -4.61. The number of nitrogens with one attached hydrogen (secondary N) is 1. The Balaban J connectivity index is 1.43. The van der Waals surface area contributed by atoms with E-state index < -0.39 is 32.5 Å². The molecule has 1 aromatic heterocycles. The summed E-state index contributed by atoms with van der Waals surface area (Å²) in [6, 6.07) is 13.4. The Kier molecular flexibility index (Phi) is 10.9. The van der Waals surface area contributed by atoms with Crippen molar-refractivity contribution in [3.05, 3.63) is 101 Å². The van der Waals surface area contributed by atoms with Crippen LogP contribution >= 0.6 is 11.6 Å². The number of methoxy groups -OCH3 is 2. The van der Waals surface area contributed by atoms with Crippen molar-refractivity contribution in [2.24, 2.45) is 0 Å². The number of halogens is 5. The highest BCUT2D eigenvalue weighted by molar-refractivity contribution is 7.92. The second-order valence-corrected chi connectivity index (χ2v) is 14.1. The van der Waals surface area contributed by atoms with Gasteiger partial charge in [-0.1, -0.05) is 29.8 Å². The molecule has 4 aromatic rings. The molecule has 1 aliphatic carbocycles. The summed E-state index contributed by atoms with van der Waals surface area (Å²) in [6.07, 6.45) is -0.613. The Labute approximate surface area is 287 Å². The van der Waals surface area contributed by atoms with Gasteiger partial charge in [0.25, 0.3) is 10.0 Å². The van der Waals surface area contributed by atoms with Crippen LogP contribution < -0.4 is 19.1 Å². The van der Waals surface area contributed by atoms with Gasteiger partial charge in [-0.3, -0.25) is 0 Å². The maximum Gasteiger partial charge on any atom is 0.416 e. The second kappa shape index (κ2) is 14.8. The lowest BCUT2D eigenvalue weighted by atomic mass is 9.76. The van der Waals surface area contributed by atoms with Crippen molar-refractivity contribution >= 4 is 33.1 Å². The number of hydrogen-bond acceptors (Lipinski definition) is 8. The first-order valence-electron chi connectivity index (χ1n) is 15.3. The number of rotatable bonds is 11. The highest BCUT2D eigenvalue weighted by atomic mass is 35.5. The highest BCUT2D eigenvalue weighted by Crippen LogP contribution is 2.43. The van der Waals surface area contributed by atoms with Crippen LogP contribution in [0.1, 0.15) is 41.9 Å². The molecule has 1 aliphatic rings. The summed E-state index contributed by atoms with van der Waals surface area (Å²) in [6.45, 7) is -0.269. The summed E-state index contributed by atoms with van der Waals surface area (Å²) in [5.41, 5.74) is 0.222. The van der Waals surface area contributed by atoms with E-state index in [0.29, 0.717) is 36.3 Å². The number of nitrogens with zero attached hydrogens (tertiary/aromatic N) is 4. The topological polar surface area (TPSA) is 96.9 Å². The molecule has 49 heavy (non-hydrogen) atoms. The molecule has 3 unspecified atom stereocenters. The lowest BCUT2D eigenvalue weighted by molar-refractivity contribution is -0.138. The molecule has 0 radical (unpaired) electrons. The summed E-state index contributed by atoms with van der Waals surface area (Å²) >= 11 is 6.63. The van der Waals surface area contributed by atoms with E-state index in [2.05, 4.69) is 15.3 Å². The quantitative estimate of drug-likeness (QED) is 0.160. The Morgan fingerprint density at radius 1 is 1.02 bits per heavy atom. The van der Waals surface area contributed by atoms with Gasteiger partial charge in [-0.25, -0.2) is 27.1 Å². The molecule has 3 aromatic carbocycles. The average Bonchev–Trinajstić information content (AvgIpc) is 3.08. The van der Waals surface area contributed by atoms with E-state index in [1.807, 2.05) is 19.0 Å². The van der Waals surface area contributed by atoms with Crippen LogP contribution in [0, 0.1) is 5.82 Å². The van der Waals surface area contributed by atoms with Crippen molar-refractivity contribution in [2.45, 2.75) is 54.9 Å². The highest BCUT2D eigenvalue weighted by Gasteiger charge is 2.39. The smallest absolute Gasteiger partial charge is 0.416 e. The van der Waals surface area contributed by atoms with Crippen LogP contribution in [0.3, 0.4) is 0 Å². The van der Waals surface area contributed by atoms with Gasteiger partial charge in [0.05, 0.1) is 37.0 Å². The fourth-order valence-electron chi connectivity index (χ4n) is 6.29. The van der Waals surface area contributed by atoms with E-state index in [9.17, 15) is 21.6 Å². The molecule has 0 aliphatic heterocycles. The summed E-state index contributed by atoms with van der Waals surface area (Å²) in [5, 5.41) is 3.20. The van der Waals surface area contributed by atoms with Crippen LogP contribution in [0.25, 0.3) is 0 Å². The molecule has 1 fully saturated rings. The monoisotopic (exact) mass is 721 g/mol. The van der Waals surface area contributed by atoms with Crippen LogP contribution in [0.5, 0.6) is 11.5 Å². The van der Waals surface area contributed by atoms with Crippen LogP contribution in [-0.2, 0) is 22.7 Å². The van der Waals surface area contributed by atoms with Crippen molar-refractivity contribution < 1.29 is 35.5 Å². The second-order valence-electron chi connectivity index (χ2n) is 11.9. The molecule has 1 heterocycles. The minimum absolute atomic E-state index is 0.0109. The van der Waals surface area contributed by atoms with Crippen molar-refractivity contribution in [3.8, 4) is 11.5 Å². The number of benzene rings is 3. The number of alkyl halides is 3. The van der Waals surface area contributed by atoms with Crippen LogP contribution in [0.2, 0.25) is 5.02 Å². The largest absolute Gasteiger partial charge is 0.497 e. The third-order valence-electron chi connectivity index (χ3n) is 8.75. The molecule has 15 heteroatoms. The fourth-order valence-corrected chi connectivity index (χ4v) is 8.05. The maximum atomic E-state index is 15.9. The first kappa shape index (κ1) is 36.1. The van der Waals surface area contributed by atoms with Gasteiger partial charge >= 0.3 is 6.18 Å². The van der Waals surface area contributed by atoms with Crippen molar-refractivity contribution in [2.75, 3.05) is 37.9 Å². The average molecular weight is 722 g/mol. The molecule has 1 N–H and O–H groups in total. The first-order valence-corrected chi connectivity index (χ1v) is 17.1. The Morgan fingerprint density at radius 3 is 2.43 bits per heavy atom. The predicted octanol–water partition coefficient (Wildman–Crippen LogP) is 7.38. The molecular formula is C34H36ClF4N5O4S. The van der Waals surface area contributed by atoms with Crippen LogP contribution in [0.15, 0.2) is 78.1 Å². The number of aromatic nitrogens is 2. The third kappa shape index (κ3) is 7.86. The molecule has 1 saturated carbocycles. The van der Waals surface area contributed by atoms with Gasteiger partial charge < -0.3 is 19.7 Å². The lowest BCUT2D eigenvalue weighted by Gasteiger charge is -2.41. The molecule has 5 rings (SSSR count). The van der Waals surface area contributed by atoms with E-state index in [4.69, 9.17) is 21.1 Å². The third-order valence-corrected chi connectivity index (χ3v) is 10.8. The standard InChI is InChI=1S/C34H36ClF4N5O4S/c1-43(2)30-15-21(24-7-5-6-8-25(24)34(37,38)39)10-12-28(30)42-29-18-27(36)32(17-26(29)35)49(45,46)44(33-13-14-40-20-41-33)19-22-9-11-23(47-3)16-31(22)48-4/h5-9,11,13-14,16-18,20-21,28,30,42H,10,12,15,19H2,1-4H3. The number of likely N-dealkylation sites (N-methyl/N-ethyl adjacent to an activating group) is 1. The zero-order valence-corrected chi connectivity index (χ0v) is 28.8. The van der Waals surface area contributed by atoms with E-state index in [-0.39, 0.29) is 46.6 Å². The molecule has 0 bridgehead atoms. The molecule has 0 amide bonds. The zero-order valence-electron chi connectivity index (χ0n) is 27.2. The summed E-state index contributed by atoms with van der Waals surface area (Å²) in [4.78, 5) is 9.22. The van der Waals surface area contributed by atoms with Gasteiger partial charge in [0.15, 0.2) is 0 Å². The van der Waals surface area contributed by atoms with Gasteiger partial charge in [-0.05, 0) is 75.2 Å². The molecule has 0 saturated heterocycles. The van der Waals surface area contributed by atoms with Crippen molar-refractivity contribution in [3.63, 3.8) is 0 Å². The molecule has 9 nitrogen and oxygen atoms in total. The Hall–Kier alpha value is -4.14. The van der Waals surface area contributed by atoms with Gasteiger partial charge in [0, 0.05) is 36.0 Å². The molecule has 0 spiro atoms. The molecule has 262 valence electrons. The van der Waals surface area contributed by atoms with E-state index in [1.54, 1.807) is 24.3 Å². The number of ether oxygens (including phenoxy) is 2. The Bertz CT molecular complexity index is 1880. The summed E-state index contributed by atoms with van der Waals surface area (Å²) < 4.78 is 97.3. The van der Waals surface area contributed by atoms with Crippen LogP contribution in [-0.4, -0.2) is 63.7 Å². The van der Waals surface area contributed by atoms with Gasteiger partial charge in [-0.15, -0.1) is 0 Å². The Morgan fingerprint density at radius 2 is 1.78 bits per heavy atom. The SMILES string of the molecule is COc1ccc(CN(c2ccncn2)S(=O)(=O)c2cc(Cl)c(NC3CCC(c4ccccc4C(F)(F)F)CC3N(C)C)cc2F)c(OC)c1. The fraction of sp³-hybridized carbons (Fsp3) is 0.353. The van der Waals surface area contributed by atoms with E-state index in [1.165, 1.54) is 44.9 Å². The van der Waals surface area contributed by atoms with E-state index >= 15 is 4.39 Å². The molecule has 3 atom stereocenters. The van der Waals surface area contributed by atoms with Crippen molar-refractivity contribution in [1.82, 2.24) is 14.9 Å². The van der Waals surface area contributed by atoms with Gasteiger partial charge in [0.1, 0.15) is 34.4 Å². The van der Waals surface area contributed by atoms with Crippen LogP contribution in [0.4, 0.5) is 29.1 Å². The lowest BCUT2D eigenvalue weighted by Crippen LogP contribution is -2.47. The summed E-state index contributed by atoms with van der Waals surface area (Å²) in [7, 11) is 1.97. The predicted molar refractivity (Wildman–Crippen MR) is 179 cm³/mol. The summed E-state index contributed by atoms with van der Waals surface area (Å²) in [5.74, 6) is -0.571. The number of anilines is 2. The van der Waals surface area contributed by atoms with Gasteiger partial charge in [-0.2, -0.15) is 13.2 Å². The zero-order chi connectivity index (χ0) is 35.5. The normalized spacial score (nSPS) is 18.3.